The van der Waals surface area contributed by atoms with E-state index in [2.05, 4.69) is 5.32 Å². The lowest BCUT2D eigenvalue weighted by atomic mass is 9.99. The SMILES string of the molecule is CNC(Cc1ccc(OC)c(F)c1)c1cccc(F)c1. The average molecular weight is 277 g/mol. The van der Waals surface area contributed by atoms with Gasteiger partial charge in [-0.1, -0.05) is 18.2 Å². The van der Waals surface area contributed by atoms with Gasteiger partial charge in [0.1, 0.15) is 5.82 Å². The number of hydrogen-bond acceptors (Lipinski definition) is 2. The van der Waals surface area contributed by atoms with Crippen LogP contribution in [0.4, 0.5) is 8.78 Å². The van der Waals surface area contributed by atoms with E-state index in [-0.39, 0.29) is 23.4 Å². The Morgan fingerprint density at radius 2 is 1.95 bits per heavy atom. The Bertz CT molecular complexity index is 586. The molecule has 4 heteroatoms. The standard InChI is InChI=1S/C16H17F2NO/c1-19-15(12-4-3-5-13(17)10-12)9-11-6-7-16(20-2)14(18)8-11/h3-8,10,15,19H,9H2,1-2H3. The fourth-order valence-corrected chi connectivity index (χ4v) is 2.18. The maximum absolute atomic E-state index is 13.7. The molecular formula is C16H17F2NO. The smallest absolute Gasteiger partial charge is 0.165 e. The van der Waals surface area contributed by atoms with E-state index in [1.807, 2.05) is 12.1 Å². The maximum atomic E-state index is 13.7. The second kappa shape index (κ2) is 6.48. The van der Waals surface area contributed by atoms with E-state index >= 15 is 0 Å². The molecule has 2 aromatic carbocycles. The lowest BCUT2D eigenvalue weighted by Gasteiger charge is -2.17. The summed E-state index contributed by atoms with van der Waals surface area (Å²) in [5.41, 5.74) is 1.66. The van der Waals surface area contributed by atoms with Crippen LogP contribution in [0, 0.1) is 11.6 Å². The van der Waals surface area contributed by atoms with Gasteiger partial charge in [-0.15, -0.1) is 0 Å². The molecule has 0 heterocycles. The van der Waals surface area contributed by atoms with Crippen molar-refractivity contribution in [3.63, 3.8) is 0 Å². The van der Waals surface area contributed by atoms with Crippen molar-refractivity contribution in [2.75, 3.05) is 14.2 Å². The number of halogens is 2. The Hall–Kier alpha value is -1.94. The number of nitrogens with one attached hydrogen (secondary N) is 1. The van der Waals surface area contributed by atoms with Gasteiger partial charge in [-0.25, -0.2) is 8.78 Å². The van der Waals surface area contributed by atoms with Gasteiger partial charge < -0.3 is 10.1 Å². The summed E-state index contributed by atoms with van der Waals surface area (Å²) in [6.07, 6.45) is 0.570. The van der Waals surface area contributed by atoms with Crippen LogP contribution in [0.25, 0.3) is 0 Å². The molecule has 0 fully saturated rings. The molecule has 1 N–H and O–H groups in total. The molecule has 2 aromatic rings. The fraction of sp³-hybridized carbons (Fsp3) is 0.250. The quantitative estimate of drug-likeness (QED) is 0.903. The molecule has 0 aliphatic heterocycles. The van der Waals surface area contributed by atoms with E-state index in [0.29, 0.717) is 6.42 Å². The first-order valence-corrected chi connectivity index (χ1v) is 6.39. The summed E-state index contributed by atoms with van der Waals surface area (Å²) in [5, 5.41) is 3.12. The Balaban J connectivity index is 2.20. The second-order valence-corrected chi connectivity index (χ2v) is 4.57. The molecule has 0 aliphatic carbocycles. The topological polar surface area (TPSA) is 21.3 Å². The predicted molar refractivity (Wildman–Crippen MR) is 74.9 cm³/mol. The molecule has 2 rings (SSSR count). The first-order valence-electron chi connectivity index (χ1n) is 6.39. The van der Waals surface area contributed by atoms with Crippen LogP contribution in [-0.4, -0.2) is 14.2 Å². The van der Waals surface area contributed by atoms with Gasteiger partial charge in [-0.2, -0.15) is 0 Å². The minimum Gasteiger partial charge on any atom is -0.494 e. The summed E-state index contributed by atoms with van der Waals surface area (Å²) in [4.78, 5) is 0. The summed E-state index contributed by atoms with van der Waals surface area (Å²) < 4.78 is 31.8. The molecule has 0 spiro atoms. The summed E-state index contributed by atoms with van der Waals surface area (Å²) in [5.74, 6) is -0.441. The lowest BCUT2D eigenvalue weighted by Crippen LogP contribution is -2.19. The van der Waals surface area contributed by atoms with Gasteiger partial charge in [0.2, 0.25) is 0 Å². The molecule has 2 nitrogen and oxygen atoms in total. The molecule has 106 valence electrons. The van der Waals surface area contributed by atoms with E-state index in [1.54, 1.807) is 19.2 Å². The van der Waals surface area contributed by atoms with Crippen molar-refractivity contribution in [2.45, 2.75) is 12.5 Å². The van der Waals surface area contributed by atoms with Crippen LogP contribution in [0.5, 0.6) is 5.75 Å². The Morgan fingerprint density at radius 1 is 1.15 bits per heavy atom. The zero-order chi connectivity index (χ0) is 14.5. The molecule has 1 atom stereocenters. The third-order valence-electron chi connectivity index (χ3n) is 3.26. The third kappa shape index (κ3) is 3.33. The van der Waals surface area contributed by atoms with Crippen LogP contribution in [0.3, 0.4) is 0 Å². The zero-order valence-corrected chi connectivity index (χ0v) is 11.5. The predicted octanol–water partition coefficient (Wildman–Crippen LogP) is 3.48. The van der Waals surface area contributed by atoms with Crippen LogP contribution >= 0.6 is 0 Å². The first-order chi connectivity index (χ1) is 9.63. The van der Waals surface area contributed by atoms with E-state index in [1.165, 1.54) is 25.3 Å². The van der Waals surface area contributed by atoms with Gasteiger partial charge in [0.15, 0.2) is 11.6 Å². The Kier molecular flexibility index (Phi) is 4.69. The largest absolute Gasteiger partial charge is 0.494 e. The van der Waals surface area contributed by atoms with Crippen LogP contribution < -0.4 is 10.1 Å². The molecule has 20 heavy (non-hydrogen) atoms. The molecule has 0 aliphatic rings. The van der Waals surface area contributed by atoms with E-state index in [9.17, 15) is 8.78 Å². The molecule has 0 bridgehead atoms. The number of hydrogen-bond donors (Lipinski definition) is 1. The van der Waals surface area contributed by atoms with Gasteiger partial charge in [-0.05, 0) is 48.9 Å². The van der Waals surface area contributed by atoms with Crippen molar-refractivity contribution >= 4 is 0 Å². The van der Waals surface area contributed by atoms with Gasteiger partial charge in [0, 0.05) is 6.04 Å². The number of methoxy groups -OCH3 is 1. The minimum absolute atomic E-state index is 0.0708. The summed E-state index contributed by atoms with van der Waals surface area (Å²) in [7, 11) is 3.23. The molecule has 0 amide bonds. The van der Waals surface area contributed by atoms with Gasteiger partial charge >= 0.3 is 0 Å². The molecular weight excluding hydrogens is 260 g/mol. The van der Waals surface area contributed by atoms with E-state index in [0.717, 1.165) is 11.1 Å². The van der Waals surface area contributed by atoms with E-state index < -0.39 is 0 Å². The first kappa shape index (κ1) is 14.5. The highest BCUT2D eigenvalue weighted by Gasteiger charge is 2.12. The van der Waals surface area contributed by atoms with Crippen molar-refractivity contribution in [1.29, 1.82) is 0 Å². The maximum Gasteiger partial charge on any atom is 0.165 e. The number of ether oxygens (including phenoxy) is 1. The van der Waals surface area contributed by atoms with Crippen molar-refractivity contribution in [3.8, 4) is 5.75 Å². The fourth-order valence-electron chi connectivity index (χ4n) is 2.18. The van der Waals surface area contributed by atoms with Gasteiger partial charge in [0.05, 0.1) is 7.11 Å². The van der Waals surface area contributed by atoms with Crippen LogP contribution in [-0.2, 0) is 6.42 Å². The highest BCUT2D eigenvalue weighted by atomic mass is 19.1. The average Bonchev–Trinajstić information content (AvgIpc) is 2.45. The van der Waals surface area contributed by atoms with Crippen LogP contribution in [0.1, 0.15) is 17.2 Å². The van der Waals surface area contributed by atoms with Gasteiger partial charge in [-0.3, -0.25) is 0 Å². The number of rotatable bonds is 5. The Morgan fingerprint density at radius 3 is 2.55 bits per heavy atom. The summed E-state index contributed by atoms with van der Waals surface area (Å²) >= 11 is 0. The lowest BCUT2D eigenvalue weighted by molar-refractivity contribution is 0.386. The monoisotopic (exact) mass is 277 g/mol. The Labute approximate surface area is 117 Å². The van der Waals surface area contributed by atoms with E-state index in [4.69, 9.17) is 4.74 Å². The molecule has 0 aromatic heterocycles. The normalized spacial score (nSPS) is 12.2. The zero-order valence-electron chi connectivity index (χ0n) is 11.5. The third-order valence-corrected chi connectivity index (χ3v) is 3.26. The highest BCUT2D eigenvalue weighted by molar-refractivity contribution is 5.31. The molecule has 0 saturated carbocycles. The summed E-state index contributed by atoms with van der Waals surface area (Å²) in [6.45, 7) is 0. The second-order valence-electron chi connectivity index (χ2n) is 4.57. The van der Waals surface area contributed by atoms with Crippen molar-refractivity contribution < 1.29 is 13.5 Å². The summed E-state index contributed by atoms with van der Waals surface area (Å²) in [6, 6.07) is 11.2. The van der Waals surface area contributed by atoms with Crippen molar-refractivity contribution in [2.24, 2.45) is 0 Å². The van der Waals surface area contributed by atoms with Crippen molar-refractivity contribution in [1.82, 2.24) is 5.32 Å². The van der Waals surface area contributed by atoms with Crippen LogP contribution in [0.15, 0.2) is 42.5 Å². The molecule has 1 unspecified atom stereocenters. The number of likely N-dealkylation sites (N-methyl/N-ethyl adjacent to an activating group) is 1. The van der Waals surface area contributed by atoms with Crippen LogP contribution in [0.2, 0.25) is 0 Å². The minimum atomic E-state index is -0.390. The van der Waals surface area contributed by atoms with Crippen molar-refractivity contribution in [3.05, 3.63) is 65.2 Å². The van der Waals surface area contributed by atoms with Gasteiger partial charge in [0.25, 0.3) is 0 Å². The molecule has 0 saturated heterocycles. The number of benzene rings is 2. The highest BCUT2D eigenvalue weighted by Crippen LogP contribution is 2.23. The molecule has 0 radical (unpaired) electrons.